The lowest BCUT2D eigenvalue weighted by atomic mass is 10.1. The monoisotopic (exact) mass is 458 g/mol. The van der Waals surface area contributed by atoms with Gasteiger partial charge in [0.1, 0.15) is 5.75 Å². The molecule has 1 saturated heterocycles. The minimum absolute atomic E-state index is 0.0325. The number of carbonyl (C=O) groups is 1. The van der Waals surface area contributed by atoms with E-state index in [2.05, 4.69) is 10.4 Å². The van der Waals surface area contributed by atoms with Gasteiger partial charge in [0, 0.05) is 6.07 Å². The third-order valence-corrected chi connectivity index (χ3v) is 5.64. The molecular weight excluding hydrogens is 436 g/mol. The highest BCUT2D eigenvalue weighted by atomic mass is 35.5. The van der Waals surface area contributed by atoms with Crippen LogP contribution in [0.25, 0.3) is 11.5 Å². The van der Waals surface area contributed by atoms with Gasteiger partial charge in [0.15, 0.2) is 0 Å². The molecule has 1 aliphatic rings. The van der Waals surface area contributed by atoms with Crippen molar-refractivity contribution < 1.29 is 18.7 Å². The summed E-state index contributed by atoms with van der Waals surface area (Å²) in [7, 11) is 2.77. The van der Waals surface area contributed by atoms with Crippen LogP contribution in [0.3, 0.4) is 0 Å². The molecular formula is C22H23ClN4O5. The van der Waals surface area contributed by atoms with Crippen molar-refractivity contribution in [1.82, 2.24) is 15.1 Å². The van der Waals surface area contributed by atoms with Crippen molar-refractivity contribution in [3.63, 3.8) is 0 Å². The molecule has 0 bridgehead atoms. The van der Waals surface area contributed by atoms with Gasteiger partial charge >= 0.3 is 11.8 Å². The largest absolute Gasteiger partial charge is 0.496 e. The summed E-state index contributed by atoms with van der Waals surface area (Å²) in [5.74, 6) is -0.0919. The number of carbonyl (C=O) groups excluding carboxylic acids is 1. The molecule has 1 amide bonds. The Labute approximate surface area is 189 Å². The van der Waals surface area contributed by atoms with Gasteiger partial charge in [0.05, 0.1) is 42.2 Å². The van der Waals surface area contributed by atoms with E-state index in [0.29, 0.717) is 22.7 Å². The summed E-state index contributed by atoms with van der Waals surface area (Å²) in [5.41, 5.74) is 1.33. The van der Waals surface area contributed by atoms with Crippen molar-refractivity contribution >= 4 is 29.1 Å². The highest BCUT2D eigenvalue weighted by Crippen LogP contribution is 2.41. The summed E-state index contributed by atoms with van der Waals surface area (Å²) in [6.45, 7) is 1.62. The topological polar surface area (TPSA) is 98.8 Å². The van der Waals surface area contributed by atoms with Crippen molar-refractivity contribution in [2.75, 3.05) is 32.2 Å². The summed E-state index contributed by atoms with van der Waals surface area (Å²) < 4.78 is 17.3. The summed E-state index contributed by atoms with van der Waals surface area (Å²) in [4.78, 5) is 26.4. The highest BCUT2D eigenvalue weighted by molar-refractivity contribution is 6.34. The minimum Gasteiger partial charge on any atom is -0.496 e. The van der Waals surface area contributed by atoms with Gasteiger partial charge in [-0.05, 0) is 44.1 Å². The second-order valence-electron chi connectivity index (χ2n) is 7.24. The van der Waals surface area contributed by atoms with Crippen LogP contribution in [0, 0.1) is 0 Å². The van der Waals surface area contributed by atoms with E-state index in [0.717, 1.165) is 25.9 Å². The second kappa shape index (κ2) is 9.46. The molecule has 2 aromatic carbocycles. The van der Waals surface area contributed by atoms with Gasteiger partial charge in [0.25, 0.3) is 5.89 Å². The van der Waals surface area contributed by atoms with Crippen LogP contribution in [0.15, 0.2) is 51.7 Å². The van der Waals surface area contributed by atoms with E-state index in [4.69, 9.17) is 25.5 Å². The van der Waals surface area contributed by atoms with Gasteiger partial charge in [0.2, 0.25) is 0 Å². The number of nitrogens with one attached hydrogen (secondary N) is 1. The lowest BCUT2D eigenvalue weighted by Crippen LogP contribution is -2.33. The highest BCUT2D eigenvalue weighted by Gasteiger charge is 2.26. The lowest BCUT2D eigenvalue weighted by Gasteiger charge is -2.23. The Kier molecular flexibility index (Phi) is 6.48. The van der Waals surface area contributed by atoms with Crippen molar-refractivity contribution in [3.8, 4) is 17.2 Å². The van der Waals surface area contributed by atoms with E-state index in [-0.39, 0.29) is 17.0 Å². The van der Waals surface area contributed by atoms with E-state index in [1.165, 1.54) is 23.8 Å². The van der Waals surface area contributed by atoms with E-state index >= 15 is 0 Å². The Morgan fingerprint density at radius 1 is 1.22 bits per heavy atom. The van der Waals surface area contributed by atoms with E-state index < -0.39 is 11.8 Å². The molecule has 1 aliphatic heterocycles. The van der Waals surface area contributed by atoms with Crippen LogP contribution in [0.4, 0.5) is 16.2 Å². The molecule has 168 valence electrons. The number of hydrogen-bond donors (Lipinski definition) is 1. The molecule has 1 fully saturated rings. The average molecular weight is 459 g/mol. The molecule has 9 nitrogen and oxygen atoms in total. The molecule has 0 unspecified atom stereocenters. The number of benzene rings is 2. The van der Waals surface area contributed by atoms with Gasteiger partial charge in [-0.25, -0.2) is 14.5 Å². The van der Waals surface area contributed by atoms with Gasteiger partial charge < -0.3 is 19.2 Å². The van der Waals surface area contributed by atoms with E-state index in [9.17, 15) is 9.59 Å². The molecule has 0 atom stereocenters. The van der Waals surface area contributed by atoms with E-state index in [1.807, 2.05) is 6.07 Å². The maximum Gasteiger partial charge on any atom is 0.437 e. The number of hydrogen-bond acceptors (Lipinski definition) is 7. The Hall–Kier alpha value is -3.30. The number of ether oxygens (including phenoxy) is 2. The standard InChI is InChI=1S/C22H23ClN4O5/c1-30-19-13-18(26(21(28)31-2)14-6-4-3-5-7-14)17(23)12-16(19)20-25-27(22(29)32-20)15-8-10-24-11-9-15/h3-7,12-13,15,24H,8-11H2,1-2H3. The molecule has 10 heteroatoms. The summed E-state index contributed by atoms with van der Waals surface area (Å²) in [6.07, 6.45) is 0.955. The van der Waals surface area contributed by atoms with Crippen LogP contribution in [0.2, 0.25) is 5.02 Å². The first kappa shape index (κ1) is 21.9. The molecule has 0 radical (unpaired) electrons. The molecule has 2 heterocycles. The van der Waals surface area contributed by atoms with Crippen molar-refractivity contribution in [2.45, 2.75) is 18.9 Å². The maximum atomic E-state index is 12.6. The quantitative estimate of drug-likeness (QED) is 0.617. The number of anilines is 2. The number of amides is 1. The van der Waals surface area contributed by atoms with E-state index in [1.54, 1.807) is 36.4 Å². The summed E-state index contributed by atoms with van der Waals surface area (Å²) >= 11 is 6.58. The van der Waals surface area contributed by atoms with Gasteiger partial charge in [-0.2, -0.15) is 4.68 Å². The minimum atomic E-state index is -0.616. The first-order valence-electron chi connectivity index (χ1n) is 10.1. The average Bonchev–Trinajstić information content (AvgIpc) is 3.22. The fourth-order valence-corrected chi connectivity index (χ4v) is 3.99. The number of halogens is 1. The number of methoxy groups -OCH3 is 2. The molecule has 0 spiro atoms. The van der Waals surface area contributed by atoms with Gasteiger partial charge in [-0.15, -0.1) is 5.10 Å². The van der Waals surface area contributed by atoms with Crippen LogP contribution < -0.4 is 20.7 Å². The smallest absolute Gasteiger partial charge is 0.437 e. The summed E-state index contributed by atoms with van der Waals surface area (Å²) in [5, 5.41) is 7.89. The first-order valence-corrected chi connectivity index (χ1v) is 10.5. The zero-order valence-corrected chi connectivity index (χ0v) is 18.5. The fourth-order valence-electron chi connectivity index (χ4n) is 3.74. The molecule has 0 aliphatic carbocycles. The normalized spacial score (nSPS) is 14.2. The zero-order chi connectivity index (χ0) is 22.7. The second-order valence-corrected chi connectivity index (χ2v) is 7.65. The summed E-state index contributed by atoms with van der Waals surface area (Å²) in [6, 6.07) is 12.1. The molecule has 1 N–H and O–H groups in total. The molecule has 3 aromatic rings. The molecule has 4 rings (SSSR count). The van der Waals surface area contributed by atoms with Crippen LogP contribution in [-0.2, 0) is 4.74 Å². The Morgan fingerprint density at radius 3 is 2.59 bits per heavy atom. The predicted octanol–water partition coefficient (Wildman–Crippen LogP) is 3.99. The lowest BCUT2D eigenvalue weighted by molar-refractivity contribution is 0.181. The number of rotatable bonds is 5. The molecule has 0 saturated carbocycles. The van der Waals surface area contributed by atoms with Crippen LogP contribution in [-0.4, -0.2) is 43.2 Å². The fraction of sp³-hybridized carbons (Fsp3) is 0.318. The van der Waals surface area contributed by atoms with Crippen LogP contribution in [0.5, 0.6) is 5.75 Å². The molecule has 32 heavy (non-hydrogen) atoms. The SMILES string of the molecule is COC(=O)N(c1ccccc1)c1cc(OC)c(-c2nn(C3CCNCC3)c(=O)o2)cc1Cl. The van der Waals surface area contributed by atoms with Crippen LogP contribution >= 0.6 is 11.6 Å². The van der Waals surface area contributed by atoms with Gasteiger partial charge in [-0.3, -0.25) is 0 Å². The first-order chi connectivity index (χ1) is 15.5. The number of para-hydroxylation sites is 1. The van der Waals surface area contributed by atoms with Crippen LogP contribution in [0.1, 0.15) is 18.9 Å². The third kappa shape index (κ3) is 4.21. The number of nitrogens with zero attached hydrogens (tertiary/aromatic N) is 3. The van der Waals surface area contributed by atoms with Crippen molar-refractivity contribution in [3.05, 3.63) is 58.0 Å². The van der Waals surface area contributed by atoms with Crippen molar-refractivity contribution in [1.29, 1.82) is 0 Å². The predicted molar refractivity (Wildman–Crippen MR) is 120 cm³/mol. The van der Waals surface area contributed by atoms with Gasteiger partial charge in [-0.1, -0.05) is 29.8 Å². The zero-order valence-electron chi connectivity index (χ0n) is 17.7. The number of aromatic nitrogens is 2. The molecule has 1 aromatic heterocycles. The Morgan fingerprint density at radius 2 is 1.94 bits per heavy atom. The Balaban J connectivity index is 1.77. The van der Waals surface area contributed by atoms with Crippen molar-refractivity contribution in [2.24, 2.45) is 0 Å². The Bertz CT molecular complexity index is 1150. The third-order valence-electron chi connectivity index (χ3n) is 5.34. The maximum absolute atomic E-state index is 12.6. The number of piperidine rings is 1.